The van der Waals surface area contributed by atoms with Crippen molar-refractivity contribution in [1.29, 1.82) is 0 Å². The van der Waals surface area contributed by atoms with Gasteiger partial charge in [-0.1, -0.05) is 6.07 Å². The Hall–Kier alpha value is -5.39. The van der Waals surface area contributed by atoms with E-state index in [2.05, 4.69) is 25.9 Å². The second kappa shape index (κ2) is 11.2. The van der Waals surface area contributed by atoms with E-state index in [4.69, 9.17) is 0 Å². The van der Waals surface area contributed by atoms with E-state index in [0.29, 0.717) is 39.5 Å². The van der Waals surface area contributed by atoms with Gasteiger partial charge in [-0.25, -0.2) is 13.8 Å². The number of aromatic nitrogens is 2. The van der Waals surface area contributed by atoms with E-state index in [9.17, 15) is 23.6 Å². The number of carbonyl (C=O) groups is 4. The summed E-state index contributed by atoms with van der Waals surface area (Å²) in [5.74, 6) is -2.65. The number of H-pyrrole nitrogens is 1. The van der Waals surface area contributed by atoms with Crippen LogP contribution in [0.1, 0.15) is 38.5 Å². The van der Waals surface area contributed by atoms with Gasteiger partial charge in [-0.15, -0.1) is 0 Å². The number of nitrogens with zero attached hydrogens (tertiary/aromatic N) is 2. The summed E-state index contributed by atoms with van der Waals surface area (Å²) in [6.45, 7) is 1.87. The van der Waals surface area contributed by atoms with Crippen LogP contribution >= 0.6 is 0 Å². The number of benzene rings is 3. The first kappa shape index (κ1) is 28.1. The van der Waals surface area contributed by atoms with Crippen LogP contribution in [0, 0.1) is 18.6 Å². The Kier molecular flexibility index (Phi) is 7.53. The quantitative estimate of drug-likeness (QED) is 0.249. The van der Waals surface area contributed by atoms with Crippen molar-refractivity contribution in [2.24, 2.45) is 0 Å². The average molecular weight is 573 g/mol. The maximum absolute atomic E-state index is 15.4. The fourth-order valence-corrected chi connectivity index (χ4v) is 4.81. The molecule has 0 unspecified atom stereocenters. The zero-order valence-electron chi connectivity index (χ0n) is 22.9. The summed E-state index contributed by atoms with van der Waals surface area (Å²) in [6, 6.07) is 12.7. The van der Waals surface area contributed by atoms with Crippen molar-refractivity contribution in [3.63, 3.8) is 0 Å². The zero-order valence-corrected chi connectivity index (χ0v) is 22.9. The molecular formula is C30H26F2N6O4. The molecule has 1 aromatic heterocycles. The molecule has 0 fully saturated rings. The Morgan fingerprint density at radius 1 is 1.00 bits per heavy atom. The van der Waals surface area contributed by atoms with E-state index < -0.39 is 29.9 Å². The molecule has 10 nitrogen and oxygen atoms in total. The molecule has 1 aliphatic rings. The molecule has 0 saturated carbocycles. The molecule has 0 saturated heterocycles. The number of carbonyl (C=O) groups excluding carboxylic acids is 4. The van der Waals surface area contributed by atoms with Gasteiger partial charge in [0.25, 0.3) is 11.8 Å². The molecule has 214 valence electrons. The monoisotopic (exact) mass is 572 g/mol. The Bertz CT molecular complexity index is 1750. The summed E-state index contributed by atoms with van der Waals surface area (Å²) in [5.41, 5.74) is 3.36. The number of imidazole rings is 1. The lowest BCUT2D eigenvalue weighted by molar-refractivity contribution is -0.125. The summed E-state index contributed by atoms with van der Waals surface area (Å²) in [6.07, 6.45) is -0.506. The van der Waals surface area contributed by atoms with E-state index in [1.54, 1.807) is 19.1 Å². The molecule has 2 heterocycles. The van der Waals surface area contributed by atoms with Crippen LogP contribution in [0.4, 0.5) is 20.2 Å². The summed E-state index contributed by atoms with van der Waals surface area (Å²) < 4.78 is 28.5. The third-order valence-corrected chi connectivity index (χ3v) is 6.99. The lowest BCUT2D eigenvalue weighted by Crippen LogP contribution is -2.30. The highest BCUT2D eigenvalue weighted by Gasteiger charge is 2.29. The molecule has 4 aromatic rings. The average Bonchev–Trinajstić information content (AvgIpc) is 3.55. The minimum atomic E-state index is -0.647. The lowest BCUT2D eigenvalue weighted by Gasteiger charge is -2.17. The van der Waals surface area contributed by atoms with Gasteiger partial charge in [0.05, 0.1) is 5.56 Å². The van der Waals surface area contributed by atoms with Crippen LogP contribution in [0.5, 0.6) is 0 Å². The van der Waals surface area contributed by atoms with Gasteiger partial charge >= 0.3 is 0 Å². The lowest BCUT2D eigenvalue weighted by atomic mass is 9.92. The van der Waals surface area contributed by atoms with Gasteiger partial charge in [-0.2, -0.15) is 0 Å². The topological polar surface area (TPSA) is 136 Å². The standard InChI is InChI=1S/C30H26F2N6O4/c1-15-27(30(42)33-2)37-28(35-15)21-11-10-19(22-14-34-29(41)26(21)22)20-9-6-17(12-23(20)32)36-24(39)13-25(40)38(3)18-7-4-16(31)5-8-18/h4-12H,13-14H2,1-3H3,(H,33,42)(H,34,41)(H,35,37)(H,36,39). The van der Waals surface area contributed by atoms with E-state index in [1.165, 1.54) is 55.4 Å². The third kappa shape index (κ3) is 5.33. The molecule has 3 aromatic carbocycles. The maximum atomic E-state index is 15.4. The molecule has 12 heteroatoms. The molecule has 4 amide bonds. The van der Waals surface area contributed by atoms with Crippen LogP contribution in [0.3, 0.4) is 0 Å². The fraction of sp³-hybridized carbons (Fsp3) is 0.167. The number of amides is 4. The Morgan fingerprint density at radius 2 is 1.69 bits per heavy atom. The van der Waals surface area contributed by atoms with Crippen molar-refractivity contribution in [2.75, 3.05) is 24.3 Å². The largest absolute Gasteiger partial charge is 0.354 e. The Morgan fingerprint density at radius 3 is 2.38 bits per heavy atom. The third-order valence-electron chi connectivity index (χ3n) is 6.99. The summed E-state index contributed by atoms with van der Waals surface area (Å²) in [4.78, 5) is 58.6. The first-order valence-electron chi connectivity index (χ1n) is 12.9. The summed E-state index contributed by atoms with van der Waals surface area (Å²) in [5, 5.41) is 7.81. The summed E-state index contributed by atoms with van der Waals surface area (Å²) >= 11 is 0. The van der Waals surface area contributed by atoms with Gasteiger partial charge in [0.1, 0.15) is 29.6 Å². The number of rotatable bonds is 7. The van der Waals surface area contributed by atoms with E-state index in [-0.39, 0.29) is 35.3 Å². The number of hydrogen-bond acceptors (Lipinski definition) is 5. The van der Waals surface area contributed by atoms with Crippen LogP contribution in [-0.4, -0.2) is 47.7 Å². The highest BCUT2D eigenvalue weighted by molar-refractivity contribution is 6.09. The smallest absolute Gasteiger partial charge is 0.271 e. The minimum Gasteiger partial charge on any atom is -0.354 e. The molecule has 0 bridgehead atoms. The number of aryl methyl sites for hydroxylation is 1. The van der Waals surface area contributed by atoms with Crippen molar-refractivity contribution in [3.05, 3.63) is 88.7 Å². The second-order valence-electron chi connectivity index (χ2n) is 9.68. The zero-order chi connectivity index (χ0) is 30.1. The van der Waals surface area contributed by atoms with E-state index in [1.807, 2.05) is 0 Å². The van der Waals surface area contributed by atoms with Gasteiger partial charge in [0.15, 0.2) is 0 Å². The van der Waals surface area contributed by atoms with Crippen molar-refractivity contribution in [2.45, 2.75) is 19.9 Å². The van der Waals surface area contributed by atoms with Crippen molar-refractivity contribution >= 4 is 35.0 Å². The second-order valence-corrected chi connectivity index (χ2v) is 9.68. The molecule has 5 rings (SSSR count). The number of halogens is 2. The van der Waals surface area contributed by atoms with Gasteiger partial charge in [0.2, 0.25) is 11.8 Å². The Labute approximate surface area is 239 Å². The molecule has 42 heavy (non-hydrogen) atoms. The first-order chi connectivity index (χ1) is 20.1. The molecule has 4 N–H and O–H groups in total. The minimum absolute atomic E-state index is 0.147. The first-order valence-corrected chi connectivity index (χ1v) is 12.9. The number of hydrogen-bond donors (Lipinski definition) is 4. The molecule has 1 aliphatic heterocycles. The fourth-order valence-electron chi connectivity index (χ4n) is 4.81. The van der Waals surface area contributed by atoms with Crippen LogP contribution in [0.25, 0.3) is 22.5 Å². The molecular weight excluding hydrogens is 546 g/mol. The van der Waals surface area contributed by atoms with Gasteiger partial charge in [0, 0.05) is 48.8 Å². The van der Waals surface area contributed by atoms with Gasteiger partial charge < -0.3 is 25.8 Å². The molecule has 0 atom stereocenters. The SMILES string of the molecule is CNC(=O)c1nc(-c2ccc(-c3ccc(NC(=O)CC(=O)N(C)c4ccc(F)cc4)cc3F)c3c2C(=O)NC3)[nH]c1C. The molecule has 0 radical (unpaired) electrons. The van der Waals surface area contributed by atoms with Crippen molar-refractivity contribution < 1.29 is 28.0 Å². The van der Waals surface area contributed by atoms with Crippen LogP contribution in [-0.2, 0) is 16.1 Å². The molecule has 0 spiro atoms. The van der Waals surface area contributed by atoms with Crippen LogP contribution < -0.4 is 20.9 Å². The van der Waals surface area contributed by atoms with Crippen LogP contribution in [0.2, 0.25) is 0 Å². The van der Waals surface area contributed by atoms with E-state index in [0.717, 1.165) is 6.07 Å². The highest BCUT2D eigenvalue weighted by atomic mass is 19.1. The number of nitrogens with one attached hydrogen (secondary N) is 4. The van der Waals surface area contributed by atoms with Gasteiger partial charge in [-0.05, 0) is 66.6 Å². The van der Waals surface area contributed by atoms with Crippen LogP contribution in [0.15, 0.2) is 54.6 Å². The predicted molar refractivity (Wildman–Crippen MR) is 152 cm³/mol. The Balaban J connectivity index is 1.36. The summed E-state index contributed by atoms with van der Waals surface area (Å²) in [7, 11) is 2.96. The predicted octanol–water partition coefficient (Wildman–Crippen LogP) is 3.92. The maximum Gasteiger partial charge on any atom is 0.271 e. The van der Waals surface area contributed by atoms with Crippen molar-refractivity contribution in [3.8, 4) is 22.5 Å². The van der Waals surface area contributed by atoms with Crippen molar-refractivity contribution in [1.82, 2.24) is 20.6 Å². The number of aromatic amines is 1. The molecule has 0 aliphatic carbocycles. The normalized spacial score (nSPS) is 12.0. The highest BCUT2D eigenvalue weighted by Crippen LogP contribution is 2.37. The number of fused-ring (bicyclic) bond motifs is 1. The van der Waals surface area contributed by atoms with Gasteiger partial charge in [-0.3, -0.25) is 19.2 Å². The van der Waals surface area contributed by atoms with E-state index >= 15 is 4.39 Å². The number of anilines is 2.